The fraction of sp³-hybridized carbons (Fsp3) is 0.364. The van der Waals surface area contributed by atoms with Crippen LogP contribution >= 0.6 is 23.1 Å². The average Bonchev–Trinajstić information content (AvgIpc) is 3.58. The van der Waals surface area contributed by atoms with E-state index in [9.17, 15) is 14.4 Å². The SMILES string of the molecule is COc1ccc(C2CC(c3cccs3)=NN2C(=O)COC(=O)CN2CSCC2=O)cc1OC. The largest absolute Gasteiger partial charge is 0.493 e. The molecule has 1 aromatic carbocycles. The monoisotopic (exact) mass is 489 g/mol. The van der Waals surface area contributed by atoms with Crippen molar-refractivity contribution in [1.29, 1.82) is 0 Å². The molecule has 0 aliphatic carbocycles. The molecule has 3 heterocycles. The van der Waals surface area contributed by atoms with E-state index >= 15 is 0 Å². The van der Waals surface area contributed by atoms with Crippen LogP contribution in [0.3, 0.4) is 0 Å². The molecule has 174 valence electrons. The van der Waals surface area contributed by atoms with E-state index in [0.717, 1.165) is 16.2 Å². The van der Waals surface area contributed by atoms with Crippen molar-refractivity contribution in [2.24, 2.45) is 5.10 Å². The van der Waals surface area contributed by atoms with Crippen LogP contribution in [0.2, 0.25) is 0 Å². The number of ether oxygens (including phenoxy) is 3. The Labute approximate surface area is 199 Å². The van der Waals surface area contributed by atoms with Gasteiger partial charge in [-0.05, 0) is 29.1 Å². The van der Waals surface area contributed by atoms with E-state index in [0.29, 0.717) is 29.5 Å². The van der Waals surface area contributed by atoms with Gasteiger partial charge in [0, 0.05) is 6.42 Å². The molecule has 1 aromatic heterocycles. The highest BCUT2D eigenvalue weighted by Crippen LogP contribution is 2.37. The molecule has 33 heavy (non-hydrogen) atoms. The summed E-state index contributed by atoms with van der Waals surface area (Å²) >= 11 is 2.98. The van der Waals surface area contributed by atoms with Gasteiger partial charge in [-0.25, -0.2) is 5.01 Å². The smallest absolute Gasteiger partial charge is 0.326 e. The van der Waals surface area contributed by atoms with Crippen LogP contribution in [0.1, 0.15) is 22.9 Å². The first-order valence-corrected chi connectivity index (χ1v) is 12.2. The number of thioether (sulfide) groups is 1. The Kier molecular flexibility index (Phi) is 7.19. The van der Waals surface area contributed by atoms with Crippen molar-refractivity contribution in [2.45, 2.75) is 12.5 Å². The Morgan fingerprint density at radius 2 is 2.00 bits per heavy atom. The summed E-state index contributed by atoms with van der Waals surface area (Å²) in [6, 6.07) is 8.96. The second-order valence-electron chi connectivity index (χ2n) is 7.33. The van der Waals surface area contributed by atoms with Gasteiger partial charge in [-0.3, -0.25) is 14.4 Å². The summed E-state index contributed by atoms with van der Waals surface area (Å²) in [6.45, 7) is -0.624. The first kappa shape index (κ1) is 23.1. The summed E-state index contributed by atoms with van der Waals surface area (Å²) in [4.78, 5) is 39.3. The van der Waals surface area contributed by atoms with Gasteiger partial charge in [-0.1, -0.05) is 12.1 Å². The van der Waals surface area contributed by atoms with Gasteiger partial charge in [-0.15, -0.1) is 23.1 Å². The molecule has 0 N–H and O–H groups in total. The minimum Gasteiger partial charge on any atom is -0.493 e. The summed E-state index contributed by atoms with van der Waals surface area (Å²) < 4.78 is 15.9. The Bertz CT molecular complexity index is 1070. The molecule has 9 nitrogen and oxygen atoms in total. The second kappa shape index (κ2) is 10.3. The first-order valence-electron chi connectivity index (χ1n) is 10.2. The van der Waals surface area contributed by atoms with Crippen molar-refractivity contribution >= 4 is 46.6 Å². The highest BCUT2D eigenvalue weighted by atomic mass is 32.2. The maximum Gasteiger partial charge on any atom is 0.326 e. The van der Waals surface area contributed by atoms with Crippen molar-refractivity contribution in [2.75, 3.05) is 39.0 Å². The molecule has 0 saturated carbocycles. The van der Waals surface area contributed by atoms with Gasteiger partial charge in [0.25, 0.3) is 5.91 Å². The minimum absolute atomic E-state index is 0.110. The van der Waals surface area contributed by atoms with Gasteiger partial charge < -0.3 is 19.1 Å². The summed E-state index contributed by atoms with van der Waals surface area (Å²) in [5.41, 5.74) is 1.60. The third kappa shape index (κ3) is 5.14. The third-order valence-electron chi connectivity index (χ3n) is 5.27. The zero-order valence-corrected chi connectivity index (χ0v) is 19.8. The molecule has 1 fully saturated rings. The zero-order valence-electron chi connectivity index (χ0n) is 18.2. The molecule has 1 atom stereocenters. The van der Waals surface area contributed by atoms with E-state index in [1.165, 1.54) is 21.7 Å². The van der Waals surface area contributed by atoms with Gasteiger partial charge >= 0.3 is 5.97 Å². The van der Waals surface area contributed by atoms with E-state index < -0.39 is 18.5 Å². The van der Waals surface area contributed by atoms with Crippen LogP contribution < -0.4 is 9.47 Å². The Balaban J connectivity index is 1.50. The lowest BCUT2D eigenvalue weighted by Gasteiger charge is -2.23. The number of benzene rings is 1. The normalized spacial score (nSPS) is 17.8. The second-order valence-corrected chi connectivity index (χ2v) is 9.23. The molecule has 1 unspecified atom stereocenters. The molecular formula is C22H23N3O6S2. The number of rotatable bonds is 8. The van der Waals surface area contributed by atoms with Gasteiger partial charge in [0.1, 0.15) is 6.54 Å². The molecule has 2 amide bonds. The molecule has 0 bridgehead atoms. The molecule has 1 saturated heterocycles. The van der Waals surface area contributed by atoms with E-state index in [2.05, 4.69) is 5.10 Å². The molecule has 11 heteroatoms. The van der Waals surface area contributed by atoms with Crippen molar-refractivity contribution in [3.63, 3.8) is 0 Å². The van der Waals surface area contributed by atoms with Crippen LogP contribution in [0.25, 0.3) is 0 Å². The lowest BCUT2D eigenvalue weighted by atomic mass is 10.0. The van der Waals surface area contributed by atoms with E-state index in [-0.39, 0.29) is 18.5 Å². The standard InChI is InChI=1S/C22H23N3O6S2/c1-29-17-6-5-14(8-18(17)30-2)16-9-15(19-4-3-7-33-19)23-25(16)20(26)11-31-22(28)10-24-13-32-12-21(24)27/h3-8,16H,9-13H2,1-2H3. The number of thiophene rings is 1. The van der Waals surface area contributed by atoms with E-state index in [4.69, 9.17) is 14.2 Å². The van der Waals surface area contributed by atoms with Crippen LogP contribution in [0, 0.1) is 0 Å². The predicted octanol–water partition coefficient (Wildman–Crippen LogP) is 2.52. The Hall–Kier alpha value is -3.05. The topological polar surface area (TPSA) is 97.7 Å². The lowest BCUT2D eigenvalue weighted by Crippen LogP contribution is -2.35. The van der Waals surface area contributed by atoms with Gasteiger partial charge in [-0.2, -0.15) is 5.10 Å². The summed E-state index contributed by atoms with van der Waals surface area (Å²) in [5, 5.41) is 7.87. The van der Waals surface area contributed by atoms with Crippen LogP contribution in [-0.2, 0) is 19.1 Å². The van der Waals surface area contributed by atoms with Crippen LogP contribution in [0.5, 0.6) is 11.5 Å². The summed E-state index contributed by atoms with van der Waals surface area (Å²) in [6.07, 6.45) is 0.509. The number of hydrogen-bond donors (Lipinski definition) is 0. The Morgan fingerprint density at radius 1 is 1.18 bits per heavy atom. The Morgan fingerprint density at radius 3 is 2.67 bits per heavy atom. The molecule has 0 spiro atoms. The van der Waals surface area contributed by atoms with Crippen molar-refractivity contribution in [3.8, 4) is 11.5 Å². The number of carbonyl (C=O) groups excluding carboxylic acids is 3. The fourth-order valence-electron chi connectivity index (χ4n) is 3.60. The fourth-order valence-corrected chi connectivity index (χ4v) is 5.23. The molecule has 2 aliphatic rings. The number of methoxy groups -OCH3 is 2. The number of carbonyl (C=O) groups is 3. The number of hydrazone groups is 1. The number of nitrogens with zero attached hydrogens (tertiary/aromatic N) is 3. The summed E-state index contributed by atoms with van der Waals surface area (Å²) in [7, 11) is 3.11. The summed E-state index contributed by atoms with van der Waals surface area (Å²) in [5.74, 6) is 0.755. The van der Waals surface area contributed by atoms with Crippen molar-refractivity contribution in [1.82, 2.24) is 9.91 Å². The van der Waals surface area contributed by atoms with Gasteiger partial charge in [0.05, 0.1) is 42.5 Å². The van der Waals surface area contributed by atoms with Gasteiger partial charge in [0.2, 0.25) is 5.91 Å². The number of esters is 1. The lowest BCUT2D eigenvalue weighted by molar-refractivity contribution is -0.154. The number of hydrogen-bond acceptors (Lipinski definition) is 9. The van der Waals surface area contributed by atoms with Crippen LogP contribution in [0.4, 0.5) is 0 Å². The average molecular weight is 490 g/mol. The molecule has 2 aliphatic heterocycles. The predicted molar refractivity (Wildman–Crippen MR) is 125 cm³/mol. The highest BCUT2D eigenvalue weighted by molar-refractivity contribution is 8.00. The zero-order chi connectivity index (χ0) is 23.4. The van der Waals surface area contributed by atoms with Crippen molar-refractivity contribution in [3.05, 3.63) is 46.2 Å². The first-order chi connectivity index (χ1) is 16.0. The maximum atomic E-state index is 13.0. The van der Waals surface area contributed by atoms with Crippen LogP contribution in [0.15, 0.2) is 40.8 Å². The molecule has 0 radical (unpaired) electrons. The van der Waals surface area contributed by atoms with Gasteiger partial charge in [0.15, 0.2) is 18.1 Å². The quantitative estimate of drug-likeness (QED) is 0.526. The maximum absolute atomic E-state index is 13.0. The molecule has 4 rings (SSSR count). The third-order valence-corrected chi connectivity index (χ3v) is 7.13. The molecule has 2 aromatic rings. The van der Waals surface area contributed by atoms with Crippen LogP contribution in [-0.4, -0.2) is 72.4 Å². The number of amides is 2. The van der Waals surface area contributed by atoms with E-state index in [1.54, 1.807) is 31.6 Å². The van der Waals surface area contributed by atoms with E-state index in [1.807, 2.05) is 29.6 Å². The minimum atomic E-state index is -0.622. The molecular weight excluding hydrogens is 466 g/mol. The highest BCUT2D eigenvalue weighted by Gasteiger charge is 2.34. The van der Waals surface area contributed by atoms with Crippen molar-refractivity contribution < 1.29 is 28.6 Å².